The van der Waals surface area contributed by atoms with E-state index in [1.54, 1.807) is 42.2 Å². The zero-order valence-electron chi connectivity index (χ0n) is 14.0. The second-order valence-electron chi connectivity index (χ2n) is 6.23. The number of halogens is 1. The molecule has 1 amide bonds. The van der Waals surface area contributed by atoms with Gasteiger partial charge in [0.1, 0.15) is 11.6 Å². The molecule has 0 radical (unpaired) electrons. The number of nitrogens with zero attached hydrogens (tertiary/aromatic N) is 5. The maximum Gasteiger partial charge on any atom is 0.291 e. The molecule has 134 valence electrons. The van der Waals surface area contributed by atoms with E-state index in [-0.39, 0.29) is 23.7 Å². The summed E-state index contributed by atoms with van der Waals surface area (Å²) in [7, 11) is 0. The Hall–Kier alpha value is -3.07. The first-order chi connectivity index (χ1) is 12.5. The van der Waals surface area contributed by atoms with E-state index in [0.29, 0.717) is 17.9 Å². The van der Waals surface area contributed by atoms with Crippen molar-refractivity contribution in [2.75, 3.05) is 0 Å². The number of hydrogen-bond donors (Lipinski definition) is 2. The van der Waals surface area contributed by atoms with E-state index in [9.17, 15) is 14.3 Å². The fourth-order valence-electron chi connectivity index (χ4n) is 3.12. The predicted molar refractivity (Wildman–Crippen MR) is 89.2 cm³/mol. The Morgan fingerprint density at radius 3 is 2.77 bits per heavy atom. The Kier molecular flexibility index (Phi) is 4.00. The lowest BCUT2D eigenvalue weighted by atomic mass is 9.83. The number of carbonyl (C=O) groups is 1. The number of aryl methyl sites for hydroxylation is 1. The van der Waals surface area contributed by atoms with Crippen LogP contribution >= 0.6 is 0 Å². The Bertz CT molecular complexity index is 921. The zero-order valence-corrected chi connectivity index (χ0v) is 14.0. The highest BCUT2D eigenvalue weighted by molar-refractivity contribution is 5.90. The summed E-state index contributed by atoms with van der Waals surface area (Å²) in [6.45, 7) is 1.72. The third-order valence-electron chi connectivity index (χ3n) is 4.49. The first-order valence-corrected chi connectivity index (χ1v) is 8.20. The van der Waals surface area contributed by atoms with Gasteiger partial charge in [0.05, 0.1) is 23.9 Å². The molecular weight excluding hydrogens is 339 g/mol. The standard InChI is InChI=1S/C17H17FN6O2/c1-10-20-16(22-24(10)12-5-3-11(18)4-6-12)17(26)21-13-9-14(25)15(13)23-8-2-7-19-23/h2-8,13-15,25H,9H2,1H3,(H,21,26)/t13-,14+,15+/m0/s1. The van der Waals surface area contributed by atoms with Crippen molar-refractivity contribution in [3.63, 3.8) is 0 Å². The van der Waals surface area contributed by atoms with Gasteiger partial charge < -0.3 is 10.4 Å². The Morgan fingerprint density at radius 1 is 1.35 bits per heavy atom. The number of benzene rings is 1. The number of hydrogen-bond acceptors (Lipinski definition) is 5. The quantitative estimate of drug-likeness (QED) is 0.727. The van der Waals surface area contributed by atoms with Gasteiger partial charge in [0.15, 0.2) is 0 Å². The van der Waals surface area contributed by atoms with Crippen LogP contribution in [-0.2, 0) is 0 Å². The van der Waals surface area contributed by atoms with Gasteiger partial charge in [0.2, 0.25) is 5.82 Å². The molecule has 0 bridgehead atoms. The van der Waals surface area contributed by atoms with Gasteiger partial charge in [-0.1, -0.05) is 0 Å². The molecular formula is C17H17FN6O2. The number of aromatic nitrogens is 5. The SMILES string of the molecule is Cc1nc(C(=O)N[C@H]2C[C@@H](O)[C@@H]2n2cccn2)nn1-c1ccc(F)cc1. The van der Waals surface area contributed by atoms with Gasteiger partial charge in [-0.15, -0.1) is 5.10 Å². The Morgan fingerprint density at radius 2 is 2.12 bits per heavy atom. The number of rotatable bonds is 4. The van der Waals surface area contributed by atoms with Crippen LogP contribution < -0.4 is 5.32 Å². The molecule has 0 aliphatic heterocycles. The van der Waals surface area contributed by atoms with Crippen molar-refractivity contribution in [3.8, 4) is 5.69 Å². The van der Waals surface area contributed by atoms with Crippen molar-refractivity contribution in [1.82, 2.24) is 29.9 Å². The van der Waals surface area contributed by atoms with Crippen LogP contribution in [0.1, 0.15) is 28.9 Å². The van der Waals surface area contributed by atoms with E-state index < -0.39 is 12.0 Å². The molecule has 4 rings (SSSR count). The molecule has 2 heterocycles. The summed E-state index contributed by atoms with van der Waals surface area (Å²) in [4.78, 5) is 16.7. The van der Waals surface area contributed by atoms with Gasteiger partial charge in [-0.25, -0.2) is 14.1 Å². The molecule has 0 spiro atoms. The molecule has 8 nitrogen and oxygen atoms in total. The first kappa shape index (κ1) is 16.4. The van der Waals surface area contributed by atoms with E-state index in [4.69, 9.17) is 0 Å². The van der Waals surface area contributed by atoms with Crippen LogP contribution in [0.4, 0.5) is 4.39 Å². The lowest BCUT2D eigenvalue weighted by molar-refractivity contribution is -0.00603. The van der Waals surface area contributed by atoms with Crippen molar-refractivity contribution < 1.29 is 14.3 Å². The number of nitrogens with one attached hydrogen (secondary N) is 1. The molecule has 1 saturated carbocycles. The summed E-state index contributed by atoms with van der Waals surface area (Å²) >= 11 is 0. The second-order valence-corrected chi connectivity index (χ2v) is 6.23. The molecule has 2 aromatic heterocycles. The van der Waals surface area contributed by atoms with Crippen LogP contribution in [0.15, 0.2) is 42.7 Å². The van der Waals surface area contributed by atoms with Crippen LogP contribution in [0, 0.1) is 12.7 Å². The summed E-state index contributed by atoms with van der Waals surface area (Å²) in [5.74, 6) is -0.243. The fourth-order valence-corrected chi connectivity index (χ4v) is 3.12. The van der Waals surface area contributed by atoms with E-state index in [2.05, 4.69) is 20.5 Å². The van der Waals surface area contributed by atoms with E-state index in [0.717, 1.165) is 0 Å². The van der Waals surface area contributed by atoms with Crippen molar-refractivity contribution >= 4 is 5.91 Å². The highest BCUT2D eigenvalue weighted by atomic mass is 19.1. The van der Waals surface area contributed by atoms with Gasteiger partial charge in [0.25, 0.3) is 5.91 Å². The fraction of sp³-hybridized carbons (Fsp3) is 0.294. The molecule has 26 heavy (non-hydrogen) atoms. The average molecular weight is 356 g/mol. The molecule has 1 aliphatic rings. The predicted octanol–water partition coefficient (Wildman–Crippen LogP) is 1.02. The minimum absolute atomic E-state index is 0.0208. The summed E-state index contributed by atoms with van der Waals surface area (Å²) in [5, 5.41) is 21.2. The van der Waals surface area contributed by atoms with Gasteiger partial charge in [-0.2, -0.15) is 5.10 Å². The van der Waals surface area contributed by atoms with Crippen molar-refractivity contribution in [3.05, 3.63) is 60.2 Å². The molecule has 1 fully saturated rings. The van der Waals surface area contributed by atoms with E-state index >= 15 is 0 Å². The maximum absolute atomic E-state index is 13.1. The number of aliphatic hydroxyl groups is 1. The number of carbonyl (C=O) groups excluding carboxylic acids is 1. The third-order valence-corrected chi connectivity index (χ3v) is 4.49. The van der Waals surface area contributed by atoms with Crippen molar-refractivity contribution in [1.29, 1.82) is 0 Å². The Labute approximate surface area is 148 Å². The van der Waals surface area contributed by atoms with Crippen molar-refractivity contribution in [2.45, 2.75) is 31.5 Å². The lowest BCUT2D eigenvalue weighted by Crippen LogP contribution is -2.56. The summed E-state index contributed by atoms with van der Waals surface area (Å²) < 4.78 is 16.2. The van der Waals surface area contributed by atoms with Crippen LogP contribution in [0.3, 0.4) is 0 Å². The number of amides is 1. The largest absolute Gasteiger partial charge is 0.391 e. The second kappa shape index (κ2) is 6.34. The third kappa shape index (κ3) is 2.86. The maximum atomic E-state index is 13.1. The zero-order chi connectivity index (χ0) is 18.3. The average Bonchev–Trinajstić information content (AvgIpc) is 3.25. The van der Waals surface area contributed by atoms with Gasteiger partial charge >= 0.3 is 0 Å². The highest BCUT2D eigenvalue weighted by Crippen LogP contribution is 2.32. The van der Waals surface area contributed by atoms with Gasteiger partial charge in [-0.05, 0) is 43.7 Å². The summed E-state index contributed by atoms with van der Waals surface area (Å²) in [6.07, 6.45) is 3.25. The highest BCUT2D eigenvalue weighted by Gasteiger charge is 2.43. The molecule has 2 N–H and O–H groups in total. The van der Waals surface area contributed by atoms with Crippen LogP contribution in [0.2, 0.25) is 0 Å². The molecule has 3 atom stereocenters. The van der Waals surface area contributed by atoms with Crippen LogP contribution in [0.25, 0.3) is 5.69 Å². The number of aliphatic hydroxyl groups excluding tert-OH is 1. The lowest BCUT2D eigenvalue weighted by Gasteiger charge is -2.41. The van der Waals surface area contributed by atoms with Crippen LogP contribution in [-0.4, -0.2) is 47.7 Å². The molecule has 3 aromatic rings. The van der Waals surface area contributed by atoms with Gasteiger partial charge in [-0.3, -0.25) is 9.48 Å². The molecule has 0 unspecified atom stereocenters. The summed E-state index contributed by atoms with van der Waals surface area (Å²) in [6, 6.07) is 6.97. The van der Waals surface area contributed by atoms with Gasteiger partial charge in [0, 0.05) is 12.4 Å². The first-order valence-electron chi connectivity index (χ1n) is 8.20. The Balaban J connectivity index is 1.51. The minimum Gasteiger partial charge on any atom is -0.391 e. The monoisotopic (exact) mass is 356 g/mol. The molecule has 0 saturated heterocycles. The molecule has 9 heteroatoms. The van der Waals surface area contributed by atoms with Crippen LogP contribution in [0.5, 0.6) is 0 Å². The normalized spacial score (nSPS) is 22.0. The summed E-state index contributed by atoms with van der Waals surface area (Å²) in [5.41, 5.74) is 0.615. The smallest absolute Gasteiger partial charge is 0.291 e. The molecule has 1 aromatic carbocycles. The van der Waals surface area contributed by atoms with E-state index in [1.807, 2.05) is 0 Å². The van der Waals surface area contributed by atoms with Crippen molar-refractivity contribution in [2.24, 2.45) is 0 Å². The molecule has 1 aliphatic carbocycles. The topological polar surface area (TPSA) is 97.9 Å². The minimum atomic E-state index is -0.563. The van der Waals surface area contributed by atoms with E-state index in [1.165, 1.54) is 16.8 Å².